The highest BCUT2D eigenvalue weighted by molar-refractivity contribution is 5.85. The van der Waals surface area contributed by atoms with E-state index in [0.717, 1.165) is 39.0 Å². The summed E-state index contributed by atoms with van der Waals surface area (Å²) in [5, 5.41) is 6.44. The van der Waals surface area contributed by atoms with Crippen LogP contribution in [0.1, 0.15) is 44.2 Å². The van der Waals surface area contributed by atoms with Gasteiger partial charge < -0.3 is 10.6 Å². The van der Waals surface area contributed by atoms with Crippen molar-refractivity contribution in [3.63, 3.8) is 0 Å². The smallest absolute Gasteiger partial charge is 0.237 e. The maximum atomic E-state index is 12.1. The van der Waals surface area contributed by atoms with Gasteiger partial charge in [-0.1, -0.05) is 30.3 Å². The maximum Gasteiger partial charge on any atom is 0.237 e. The highest BCUT2D eigenvalue weighted by atomic mass is 35.5. The highest BCUT2D eigenvalue weighted by Gasteiger charge is 2.26. The Balaban J connectivity index is 0.00000208. The van der Waals surface area contributed by atoms with Gasteiger partial charge in [0.05, 0.1) is 6.04 Å². The summed E-state index contributed by atoms with van der Waals surface area (Å²) in [5.74, 6) is 0.760. The van der Waals surface area contributed by atoms with Crippen molar-refractivity contribution in [2.24, 2.45) is 5.92 Å². The molecule has 0 saturated carbocycles. The van der Waals surface area contributed by atoms with E-state index < -0.39 is 0 Å². The Morgan fingerprint density at radius 3 is 2.79 bits per heavy atom. The Kier molecular flexibility index (Phi) is 7.53. The summed E-state index contributed by atoms with van der Waals surface area (Å²) in [6.45, 7) is 6.32. The predicted octanol–water partition coefficient (Wildman–Crippen LogP) is 2.75. The lowest BCUT2D eigenvalue weighted by molar-refractivity contribution is -0.123. The number of carbonyl (C=O) groups excluding carboxylic acids is 1. The summed E-state index contributed by atoms with van der Waals surface area (Å²) in [5.41, 5.74) is 1.38. The van der Waals surface area contributed by atoms with Gasteiger partial charge in [0.1, 0.15) is 0 Å². The number of nitrogens with one attached hydrogen (secondary N) is 2. The van der Waals surface area contributed by atoms with Crippen molar-refractivity contribution in [3.05, 3.63) is 35.9 Å². The van der Waals surface area contributed by atoms with Gasteiger partial charge in [-0.05, 0) is 57.2 Å². The van der Waals surface area contributed by atoms with Crippen LogP contribution in [-0.4, -0.2) is 43.0 Å². The standard InChI is InChI=1S/C19H29N3O.ClH/c1-15(17-8-3-2-4-9-17)22-12-6-7-16(14-22)13-21-19(23)18-10-5-11-20-18;/h2-4,8-9,15-16,18,20H,5-7,10-14H2,1H3,(H,21,23);1H. The van der Waals surface area contributed by atoms with E-state index in [1.807, 2.05) is 0 Å². The Hall–Kier alpha value is -1.10. The fraction of sp³-hybridized carbons (Fsp3) is 0.632. The zero-order valence-corrected chi connectivity index (χ0v) is 15.4. The second-order valence-electron chi connectivity index (χ2n) is 6.98. The van der Waals surface area contributed by atoms with Crippen molar-refractivity contribution in [1.29, 1.82) is 0 Å². The normalized spacial score (nSPS) is 25.7. The van der Waals surface area contributed by atoms with E-state index >= 15 is 0 Å². The number of likely N-dealkylation sites (tertiary alicyclic amines) is 1. The molecule has 2 aliphatic heterocycles. The van der Waals surface area contributed by atoms with Gasteiger partial charge in [0, 0.05) is 19.1 Å². The van der Waals surface area contributed by atoms with Crippen molar-refractivity contribution < 1.29 is 4.79 Å². The molecule has 0 radical (unpaired) electrons. The van der Waals surface area contributed by atoms with Gasteiger partial charge in [-0.3, -0.25) is 9.69 Å². The van der Waals surface area contributed by atoms with Crippen molar-refractivity contribution in [2.45, 2.75) is 44.7 Å². The number of hydrogen-bond donors (Lipinski definition) is 2. The molecule has 2 fully saturated rings. The molecule has 2 N–H and O–H groups in total. The summed E-state index contributed by atoms with van der Waals surface area (Å²) in [7, 11) is 0. The lowest BCUT2D eigenvalue weighted by Crippen LogP contribution is -2.45. The minimum absolute atomic E-state index is 0. The number of carbonyl (C=O) groups is 1. The number of piperidine rings is 1. The molecule has 1 aromatic rings. The average molecular weight is 352 g/mol. The topological polar surface area (TPSA) is 44.4 Å². The number of rotatable bonds is 5. The number of benzene rings is 1. The third-order valence-electron chi connectivity index (χ3n) is 5.32. The van der Waals surface area contributed by atoms with E-state index in [1.54, 1.807) is 0 Å². The van der Waals surface area contributed by atoms with Crippen LogP contribution in [0, 0.1) is 5.92 Å². The molecular weight excluding hydrogens is 322 g/mol. The molecule has 0 aromatic heterocycles. The molecule has 3 rings (SSSR count). The monoisotopic (exact) mass is 351 g/mol. The van der Waals surface area contributed by atoms with Crippen LogP contribution < -0.4 is 10.6 Å². The lowest BCUT2D eigenvalue weighted by atomic mass is 9.95. The first-order valence-corrected chi connectivity index (χ1v) is 9.04. The molecule has 134 valence electrons. The van der Waals surface area contributed by atoms with E-state index in [2.05, 4.69) is 52.8 Å². The average Bonchev–Trinajstić information content (AvgIpc) is 3.15. The number of nitrogens with zero attached hydrogens (tertiary/aromatic N) is 1. The molecule has 4 nitrogen and oxygen atoms in total. The minimum atomic E-state index is 0. The van der Waals surface area contributed by atoms with Crippen LogP contribution in [0.15, 0.2) is 30.3 Å². The molecule has 0 bridgehead atoms. The molecule has 2 saturated heterocycles. The largest absolute Gasteiger partial charge is 0.354 e. The van der Waals surface area contributed by atoms with Gasteiger partial charge in [-0.25, -0.2) is 0 Å². The fourth-order valence-electron chi connectivity index (χ4n) is 3.83. The molecular formula is C19H30ClN3O. The lowest BCUT2D eigenvalue weighted by Gasteiger charge is -2.37. The van der Waals surface area contributed by atoms with Crippen LogP contribution in [0.25, 0.3) is 0 Å². The van der Waals surface area contributed by atoms with E-state index in [1.165, 1.54) is 18.4 Å². The van der Waals surface area contributed by atoms with Gasteiger partial charge in [0.25, 0.3) is 0 Å². The van der Waals surface area contributed by atoms with Crippen LogP contribution >= 0.6 is 12.4 Å². The summed E-state index contributed by atoms with van der Waals surface area (Å²) in [4.78, 5) is 14.7. The first kappa shape index (κ1) is 19.2. The van der Waals surface area contributed by atoms with Gasteiger partial charge in [0.2, 0.25) is 5.91 Å². The molecule has 0 spiro atoms. The summed E-state index contributed by atoms with van der Waals surface area (Å²) in [6, 6.07) is 11.2. The first-order chi connectivity index (χ1) is 11.2. The minimum Gasteiger partial charge on any atom is -0.354 e. The Morgan fingerprint density at radius 1 is 1.29 bits per heavy atom. The molecule has 5 heteroatoms. The maximum absolute atomic E-state index is 12.1. The number of hydrogen-bond acceptors (Lipinski definition) is 3. The summed E-state index contributed by atoms with van der Waals surface area (Å²) < 4.78 is 0. The second-order valence-corrected chi connectivity index (χ2v) is 6.98. The number of halogens is 1. The Labute approximate surface area is 151 Å². The third-order valence-corrected chi connectivity index (χ3v) is 5.32. The highest BCUT2D eigenvalue weighted by Crippen LogP contribution is 2.26. The zero-order valence-electron chi connectivity index (χ0n) is 14.5. The molecule has 2 heterocycles. The van der Waals surface area contributed by atoms with Gasteiger partial charge >= 0.3 is 0 Å². The van der Waals surface area contributed by atoms with E-state index in [9.17, 15) is 4.79 Å². The van der Waals surface area contributed by atoms with Crippen LogP contribution in [0.5, 0.6) is 0 Å². The van der Waals surface area contributed by atoms with Crippen LogP contribution in [0.4, 0.5) is 0 Å². The van der Waals surface area contributed by atoms with Gasteiger partial charge in [-0.2, -0.15) is 0 Å². The Morgan fingerprint density at radius 2 is 2.08 bits per heavy atom. The molecule has 24 heavy (non-hydrogen) atoms. The SMILES string of the molecule is CC(c1ccccc1)N1CCCC(CNC(=O)C2CCCN2)C1.Cl. The van der Waals surface area contributed by atoms with Crippen molar-refractivity contribution in [2.75, 3.05) is 26.2 Å². The van der Waals surface area contributed by atoms with Crippen molar-refractivity contribution in [3.8, 4) is 0 Å². The molecule has 3 unspecified atom stereocenters. The molecule has 1 aromatic carbocycles. The number of amides is 1. The van der Waals surface area contributed by atoms with Crippen molar-refractivity contribution >= 4 is 18.3 Å². The molecule has 2 aliphatic rings. The fourth-order valence-corrected chi connectivity index (χ4v) is 3.83. The van der Waals surface area contributed by atoms with Crippen LogP contribution in [0.3, 0.4) is 0 Å². The molecule has 1 amide bonds. The summed E-state index contributed by atoms with van der Waals surface area (Å²) >= 11 is 0. The molecule has 0 aliphatic carbocycles. The first-order valence-electron chi connectivity index (χ1n) is 9.04. The van der Waals surface area contributed by atoms with E-state index in [4.69, 9.17) is 0 Å². The zero-order chi connectivity index (χ0) is 16.1. The third kappa shape index (κ3) is 4.95. The van der Waals surface area contributed by atoms with Crippen LogP contribution in [-0.2, 0) is 4.79 Å². The second kappa shape index (κ2) is 9.40. The predicted molar refractivity (Wildman–Crippen MR) is 100 cm³/mol. The van der Waals surface area contributed by atoms with Crippen LogP contribution in [0.2, 0.25) is 0 Å². The summed E-state index contributed by atoms with van der Waals surface area (Å²) in [6.07, 6.45) is 4.54. The molecule has 3 atom stereocenters. The Bertz CT molecular complexity index is 505. The van der Waals surface area contributed by atoms with Gasteiger partial charge in [0.15, 0.2) is 0 Å². The van der Waals surface area contributed by atoms with Gasteiger partial charge in [-0.15, -0.1) is 12.4 Å². The van der Waals surface area contributed by atoms with E-state index in [0.29, 0.717) is 12.0 Å². The van der Waals surface area contributed by atoms with Crippen molar-refractivity contribution in [1.82, 2.24) is 15.5 Å². The van der Waals surface area contributed by atoms with E-state index in [-0.39, 0.29) is 24.4 Å². The quantitative estimate of drug-likeness (QED) is 0.857.